The molecule has 2 aliphatic heterocycles. The molecular weight excluding hydrogens is 312 g/mol. The minimum atomic E-state index is 0.0672. The van der Waals surface area contributed by atoms with Crippen molar-refractivity contribution >= 4 is 6.03 Å². The molecule has 0 aliphatic carbocycles. The molecule has 1 aromatic heterocycles. The maximum atomic E-state index is 12.5. The van der Waals surface area contributed by atoms with E-state index in [1.807, 2.05) is 30.2 Å². The third kappa shape index (κ3) is 5.43. The highest BCUT2D eigenvalue weighted by Crippen LogP contribution is 2.21. The number of piperidine rings is 2. The van der Waals surface area contributed by atoms with Crippen LogP contribution in [0.3, 0.4) is 0 Å². The zero-order valence-electron chi connectivity index (χ0n) is 15.7. The smallest absolute Gasteiger partial charge is 0.317 e. The standard InChI is InChI=1S/C20H32N4O/c1-16-7-10-23(11-8-16)14-19-4-3-9-24(15-19)20(25)22-13-18-6-5-17(2)21-12-18/h5-6,12,16,19H,3-4,7-11,13-15H2,1-2H3,(H,22,25). The minimum Gasteiger partial charge on any atom is -0.334 e. The number of amides is 2. The molecule has 0 spiro atoms. The van der Waals surface area contributed by atoms with Gasteiger partial charge in [0.15, 0.2) is 0 Å². The number of aromatic nitrogens is 1. The highest BCUT2D eigenvalue weighted by Gasteiger charge is 2.26. The first-order valence-electron chi connectivity index (χ1n) is 9.77. The van der Waals surface area contributed by atoms with E-state index in [0.29, 0.717) is 12.5 Å². The van der Waals surface area contributed by atoms with Gasteiger partial charge in [0.05, 0.1) is 0 Å². The minimum absolute atomic E-state index is 0.0672. The van der Waals surface area contributed by atoms with E-state index in [1.54, 1.807) is 0 Å². The van der Waals surface area contributed by atoms with Crippen molar-refractivity contribution in [2.75, 3.05) is 32.7 Å². The largest absolute Gasteiger partial charge is 0.334 e. The lowest BCUT2D eigenvalue weighted by Gasteiger charge is -2.37. The van der Waals surface area contributed by atoms with Gasteiger partial charge in [0, 0.05) is 38.1 Å². The maximum absolute atomic E-state index is 12.5. The third-order valence-corrected chi connectivity index (χ3v) is 5.62. The van der Waals surface area contributed by atoms with Crippen LogP contribution in [0.1, 0.15) is 43.9 Å². The Morgan fingerprint density at radius 1 is 1.24 bits per heavy atom. The average molecular weight is 345 g/mol. The van der Waals surface area contributed by atoms with E-state index >= 15 is 0 Å². The molecule has 2 aliphatic rings. The van der Waals surface area contributed by atoms with Crippen LogP contribution in [0.4, 0.5) is 4.79 Å². The van der Waals surface area contributed by atoms with Crippen molar-refractivity contribution in [3.8, 4) is 0 Å². The van der Waals surface area contributed by atoms with E-state index in [2.05, 4.69) is 22.1 Å². The first-order chi connectivity index (χ1) is 12.1. The number of aryl methyl sites for hydroxylation is 1. The van der Waals surface area contributed by atoms with Crippen LogP contribution < -0.4 is 5.32 Å². The van der Waals surface area contributed by atoms with Crippen LogP contribution in [0.2, 0.25) is 0 Å². The quantitative estimate of drug-likeness (QED) is 0.913. The molecule has 1 unspecified atom stereocenters. The number of likely N-dealkylation sites (tertiary alicyclic amines) is 2. The van der Waals surface area contributed by atoms with E-state index in [4.69, 9.17) is 0 Å². The highest BCUT2D eigenvalue weighted by molar-refractivity contribution is 5.74. The van der Waals surface area contributed by atoms with Crippen molar-refractivity contribution < 1.29 is 4.79 Å². The number of carbonyl (C=O) groups is 1. The fraction of sp³-hybridized carbons (Fsp3) is 0.700. The number of urea groups is 1. The summed E-state index contributed by atoms with van der Waals surface area (Å²) >= 11 is 0. The van der Waals surface area contributed by atoms with Gasteiger partial charge in [-0.1, -0.05) is 13.0 Å². The van der Waals surface area contributed by atoms with Gasteiger partial charge in [-0.25, -0.2) is 4.79 Å². The summed E-state index contributed by atoms with van der Waals surface area (Å²) in [6.45, 7) is 10.3. The van der Waals surface area contributed by atoms with Gasteiger partial charge in [-0.15, -0.1) is 0 Å². The summed E-state index contributed by atoms with van der Waals surface area (Å²) in [7, 11) is 0. The molecule has 2 saturated heterocycles. The Labute approximate surface area is 151 Å². The lowest BCUT2D eigenvalue weighted by molar-refractivity contribution is 0.120. The van der Waals surface area contributed by atoms with E-state index in [0.717, 1.165) is 43.2 Å². The van der Waals surface area contributed by atoms with Crippen molar-refractivity contribution in [1.82, 2.24) is 20.1 Å². The topological polar surface area (TPSA) is 48.5 Å². The highest BCUT2D eigenvalue weighted by atomic mass is 16.2. The summed E-state index contributed by atoms with van der Waals surface area (Å²) in [6, 6.07) is 4.08. The lowest BCUT2D eigenvalue weighted by atomic mass is 9.94. The number of rotatable bonds is 4. The molecule has 0 radical (unpaired) electrons. The first kappa shape index (κ1) is 18.2. The van der Waals surface area contributed by atoms with Gasteiger partial charge >= 0.3 is 6.03 Å². The zero-order valence-corrected chi connectivity index (χ0v) is 15.7. The molecule has 5 heteroatoms. The molecule has 0 bridgehead atoms. The second-order valence-electron chi connectivity index (χ2n) is 7.90. The SMILES string of the molecule is Cc1ccc(CNC(=O)N2CCCC(CN3CCC(C)CC3)C2)cn1. The van der Waals surface area contributed by atoms with E-state index in [-0.39, 0.29) is 6.03 Å². The Bertz CT molecular complexity index is 551. The number of hydrogen-bond donors (Lipinski definition) is 1. The van der Waals surface area contributed by atoms with Gasteiger partial charge < -0.3 is 15.1 Å². The summed E-state index contributed by atoms with van der Waals surface area (Å²) in [4.78, 5) is 21.4. The summed E-state index contributed by atoms with van der Waals surface area (Å²) < 4.78 is 0. The molecular formula is C20H32N4O. The fourth-order valence-corrected chi connectivity index (χ4v) is 3.90. The Morgan fingerprint density at radius 3 is 2.76 bits per heavy atom. The molecule has 1 aromatic rings. The summed E-state index contributed by atoms with van der Waals surface area (Å²) in [6.07, 6.45) is 6.85. The van der Waals surface area contributed by atoms with Crippen LogP contribution in [0.15, 0.2) is 18.3 Å². The second-order valence-corrected chi connectivity index (χ2v) is 7.90. The van der Waals surface area contributed by atoms with Crippen molar-refractivity contribution in [2.24, 2.45) is 11.8 Å². The van der Waals surface area contributed by atoms with Crippen LogP contribution in [0.5, 0.6) is 0 Å². The van der Waals surface area contributed by atoms with E-state index in [1.165, 1.54) is 32.4 Å². The van der Waals surface area contributed by atoms with Crippen molar-refractivity contribution in [2.45, 2.75) is 46.1 Å². The molecule has 0 saturated carbocycles. The number of nitrogens with zero attached hydrogens (tertiary/aromatic N) is 3. The average Bonchev–Trinajstić information content (AvgIpc) is 2.63. The third-order valence-electron chi connectivity index (χ3n) is 5.62. The number of pyridine rings is 1. The predicted molar refractivity (Wildman–Crippen MR) is 100 cm³/mol. The lowest BCUT2D eigenvalue weighted by Crippen LogP contribution is -2.48. The summed E-state index contributed by atoms with van der Waals surface area (Å²) in [5, 5.41) is 3.05. The molecule has 5 nitrogen and oxygen atoms in total. The van der Waals surface area contributed by atoms with Crippen molar-refractivity contribution in [3.63, 3.8) is 0 Å². The fourth-order valence-electron chi connectivity index (χ4n) is 3.90. The Balaban J connectivity index is 1.43. The van der Waals surface area contributed by atoms with Gasteiger partial charge in [-0.2, -0.15) is 0 Å². The maximum Gasteiger partial charge on any atom is 0.317 e. The number of nitrogens with one attached hydrogen (secondary N) is 1. The van der Waals surface area contributed by atoms with Crippen molar-refractivity contribution in [1.29, 1.82) is 0 Å². The molecule has 0 aromatic carbocycles. The van der Waals surface area contributed by atoms with Crippen LogP contribution in [-0.4, -0.2) is 53.5 Å². The molecule has 2 fully saturated rings. The first-order valence-corrected chi connectivity index (χ1v) is 9.77. The summed E-state index contributed by atoms with van der Waals surface area (Å²) in [5.41, 5.74) is 2.05. The number of carbonyl (C=O) groups excluding carboxylic acids is 1. The van der Waals surface area contributed by atoms with Gasteiger partial charge in [0.2, 0.25) is 0 Å². The normalized spacial score (nSPS) is 22.8. The molecule has 138 valence electrons. The van der Waals surface area contributed by atoms with Gasteiger partial charge in [-0.05, 0) is 69.2 Å². The zero-order chi connectivity index (χ0) is 17.6. The van der Waals surface area contributed by atoms with E-state index in [9.17, 15) is 4.79 Å². The van der Waals surface area contributed by atoms with Gasteiger partial charge in [0.1, 0.15) is 0 Å². The van der Waals surface area contributed by atoms with Gasteiger partial charge in [0.25, 0.3) is 0 Å². The van der Waals surface area contributed by atoms with Crippen molar-refractivity contribution in [3.05, 3.63) is 29.6 Å². The Hall–Kier alpha value is -1.62. The number of hydrogen-bond acceptors (Lipinski definition) is 3. The van der Waals surface area contributed by atoms with E-state index < -0.39 is 0 Å². The molecule has 1 atom stereocenters. The molecule has 3 heterocycles. The van der Waals surface area contributed by atoms with Crippen LogP contribution in [0, 0.1) is 18.8 Å². The van der Waals surface area contributed by atoms with Crippen LogP contribution in [-0.2, 0) is 6.54 Å². The second kappa shape index (κ2) is 8.65. The van der Waals surface area contributed by atoms with Crippen LogP contribution in [0.25, 0.3) is 0 Å². The van der Waals surface area contributed by atoms with Gasteiger partial charge in [-0.3, -0.25) is 4.98 Å². The molecule has 3 rings (SSSR count). The molecule has 25 heavy (non-hydrogen) atoms. The molecule has 2 amide bonds. The monoisotopic (exact) mass is 344 g/mol. The molecule has 1 N–H and O–H groups in total. The predicted octanol–water partition coefficient (Wildman–Crippen LogP) is 3.04. The summed E-state index contributed by atoms with van der Waals surface area (Å²) in [5.74, 6) is 1.50. The van der Waals surface area contributed by atoms with Crippen LogP contribution >= 0.6 is 0 Å². The Morgan fingerprint density at radius 2 is 2.04 bits per heavy atom. The Kier molecular flexibility index (Phi) is 6.29.